The van der Waals surface area contributed by atoms with E-state index in [1.807, 2.05) is 6.92 Å². The molecule has 2 atom stereocenters. The number of ether oxygens (including phenoxy) is 1. The van der Waals surface area contributed by atoms with E-state index in [1.54, 1.807) is 0 Å². The molecule has 0 amide bonds. The summed E-state index contributed by atoms with van der Waals surface area (Å²) in [6.45, 7) is 2.42. The van der Waals surface area contributed by atoms with Crippen molar-refractivity contribution in [2.24, 2.45) is 0 Å². The third kappa shape index (κ3) is 2.77. The number of rotatable bonds is 3. The van der Waals surface area contributed by atoms with Crippen LogP contribution in [0.5, 0.6) is 5.75 Å². The van der Waals surface area contributed by atoms with Crippen LogP contribution in [-0.2, 0) is 14.8 Å². The second-order valence-electron chi connectivity index (χ2n) is 4.09. The molecule has 1 aliphatic rings. The van der Waals surface area contributed by atoms with E-state index in [-0.39, 0.29) is 22.8 Å². The number of phenols is 1. The average molecular weight is 257 g/mol. The Balaban J connectivity index is 2.16. The highest BCUT2D eigenvalue weighted by Gasteiger charge is 2.29. The molecule has 5 nitrogen and oxygen atoms in total. The molecule has 6 heteroatoms. The summed E-state index contributed by atoms with van der Waals surface area (Å²) in [5.41, 5.74) is 0. The third-order valence-corrected chi connectivity index (χ3v) is 4.34. The van der Waals surface area contributed by atoms with Crippen LogP contribution in [0.25, 0.3) is 0 Å². The van der Waals surface area contributed by atoms with Gasteiger partial charge in [-0.3, -0.25) is 0 Å². The minimum Gasteiger partial charge on any atom is -0.508 e. The molecule has 1 aromatic rings. The average Bonchev–Trinajstić information content (AvgIpc) is 2.64. The van der Waals surface area contributed by atoms with Gasteiger partial charge in [-0.25, -0.2) is 13.1 Å². The molecule has 0 aliphatic carbocycles. The van der Waals surface area contributed by atoms with Crippen molar-refractivity contribution in [2.75, 3.05) is 6.61 Å². The van der Waals surface area contributed by atoms with E-state index in [4.69, 9.17) is 9.84 Å². The molecule has 0 bridgehead atoms. The van der Waals surface area contributed by atoms with Crippen molar-refractivity contribution in [3.63, 3.8) is 0 Å². The molecule has 1 heterocycles. The number of benzene rings is 1. The van der Waals surface area contributed by atoms with Crippen molar-refractivity contribution in [3.8, 4) is 5.75 Å². The minimum absolute atomic E-state index is 0.0431. The third-order valence-electron chi connectivity index (χ3n) is 2.83. The Morgan fingerprint density at radius 1 is 1.35 bits per heavy atom. The van der Waals surface area contributed by atoms with Crippen LogP contribution in [0, 0.1) is 0 Å². The Kier molecular flexibility index (Phi) is 3.37. The van der Waals surface area contributed by atoms with Gasteiger partial charge in [0, 0.05) is 6.61 Å². The van der Waals surface area contributed by atoms with Crippen LogP contribution >= 0.6 is 0 Å². The molecule has 0 aromatic heterocycles. The van der Waals surface area contributed by atoms with Gasteiger partial charge in [0.1, 0.15) is 5.75 Å². The maximum Gasteiger partial charge on any atom is 0.240 e. The van der Waals surface area contributed by atoms with Crippen molar-refractivity contribution in [1.82, 2.24) is 4.72 Å². The van der Waals surface area contributed by atoms with Gasteiger partial charge in [0.2, 0.25) is 10.0 Å². The van der Waals surface area contributed by atoms with Gasteiger partial charge < -0.3 is 9.84 Å². The smallest absolute Gasteiger partial charge is 0.240 e. The first-order valence-electron chi connectivity index (χ1n) is 5.42. The second-order valence-corrected chi connectivity index (χ2v) is 5.80. The van der Waals surface area contributed by atoms with Gasteiger partial charge in [-0.05, 0) is 37.6 Å². The van der Waals surface area contributed by atoms with E-state index in [9.17, 15) is 8.42 Å². The predicted octanol–water partition coefficient (Wildman–Crippen LogP) is 0.848. The van der Waals surface area contributed by atoms with Crippen molar-refractivity contribution in [1.29, 1.82) is 0 Å². The van der Waals surface area contributed by atoms with Crippen LogP contribution in [-0.4, -0.2) is 32.3 Å². The summed E-state index contributed by atoms with van der Waals surface area (Å²) in [7, 11) is -3.53. The van der Waals surface area contributed by atoms with E-state index >= 15 is 0 Å². The van der Waals surface area contributed by atoms with E-state index in [0.29, 0.717) is 13.0 Å². The molecule has 1 aromatic carbocycles. The molecule has 0 spiro atoms. The second kappa shape index (κ2) is 4.64. The summed E-state index contributed by atoms with van der Waals surface area (Å²) in [6.07, 6.45) is 0.570. The van der Waals surface area contributed by atoms with Crippen molar-refractivity contribution in [2.45, 2.75) is 30.4 Å². The molecule has 2 rings (SSSR count). The fourth-order valence-electron chi connectivity index (χ4n) is 1.78. The Hall–Kier alpha value is -1.11. The molecule has 94 valence electrons. The first-order valence-corrected chi connectivity index (χ1v) is 6.90. The first kappa shape index (κ1) is 12.3. The van der Waals surface area contributed by atoms with Gasteiger partial charge in [0.15, 0.2) is 0 Å². The molecular formula is C11H15NO4S. The lowest BCUT2D eigenvalue weighted by Crippen LogP contribution is -2.39. The van der Waals surface area contributed by atoms with Crippen LogP contribution in [0.1, 0.15) is 13.3 Å². The van der Waals surface area contributed by atoms with Crippen LogP contribution in [0.4, 0.5) is 0 Å². The number of phenolic OH excluding ortho intramolecular Hbond substituents is 1. The zero-order chi connectivity index (χ0) is 12.5. The van der Waals surface area contributed by atoms with E-state index in [0.717, 1.165) is 0 Å². The highest BCUT2D eigenvalue weighted by Crippen LogP contribution is 2.18. The normalized spacial score (nSPS) is 25.0. The number of sulfonamides is 1. The minimum atomic E-state index is -3.53. The van der Waals surface area contributed by atoms with E-state index in [1.165, 1.54) is 24.3 Å². The molecule has 0 saturated carbocycles. The number of nitrogens with one attached hydrogen (secondary N) is 1. The number of aromatic hydroxyl groups is 1. The van der Waals surface area contributed by atoms with Crippen molar-refractivity contribution in [3.05, 3.63) is 24.3 Å². The summed E-state index contributed by atoms with van der Waals surface area (Å²) < 4.78 is 31.9. The molecule has 1 aliphatic heterocycles. The molecule has 17 heavy (non-hydrogen) atoms. The lowest BCUT2D eigenvalue weighted by Gasteiger charge is -2.16. The fourth-order valence-corrected chi connectivity index (χ4v) is 3.12. The Morgan fingerprint density at radius 3 is 2.53 bits per heavy atom. The van der Waals surface area contributed by atoms with E-state index < -0.39 is 10.0 Å². The zero-order valence-corrected chi connectivity index (χ0v) is 10.3. The number of hydrogen-bond donors (Lipinski definition) is 2. The monoisotopic (exact) mass is 257 g/mol. The summed E-state index contributed by atoms with van der Waals surface area (Å²) in [5, 5.41) is 9.11. The maximum absolute atomic E-state index is 12.0. The molecule has 2 unspecified atom stereocenters. The molecular weight excluding hydrogens is 242 g/mol. The Morgan fingerprint density at radius 2 is 2.00 bits per heavy atom. The summed E-state index contributed by atoms with van der Waals surface area (Å²) in [6, 6.07) is 5.26. The van der Waals surface area contributed by atoms with Gasteiger partial charge in [-0.2, -0.15) is 0 Å². The highest BCUT2D eigenvalue weighted by atomic mass is 32.2. The van der Waals surface area contributed by atoms with Crippen LogP contribution < -0.4 is 4.72 Å². The fraction of sp³-hybridized carbons (Fsp3) is 0.455. The van der Waals surface area contributed by atoms with E-state index in [2.05, 4.69) is 4.72 Å². The van der Waals surface area contributed by atoms with Crippen molar-refractivity contribution < 1.29 is 18.3 Å². The standard InChI is InChI=1S/C11H15NO4S/c1-8-11(6-7-16-8)12-17(14,15)10-4-2-9(13)3-5-10/h2-5,8,11-13H,6-7H2,1H3. The highest BCUT2D eigenvalue weighted by molar-refractivity contribution is 7.89. The van der Waals surface area contributed by atoms with Crippen LogP contribution in [0.2, 0.25) is 0 Å². The zero-order valence-electron chi connectivity index (χ0n) is 9.46. The van der Waals surface area contributed by atoms with Gasteiger partial charge in [-0.15, -0.1) is 0 Å². The Bertz CT molecular complexity index is 483. The quantitative estimate of drug-likeness (QED) is 0.841. The number of hydrogen-bond acceptors (Lipinski definition) is 4. The lowest BCUT2D eigenvalue weighted by molar-refractivity contribution is 0.117. The van der Waals surface area contributed by atoms with Crippen LogP contribution in [0.3, 0.4) is 0 Å². The first-order chi connectivity index (χ1) is 7.99. The largest absolute Gasteiger partial charge is 0.508 e. The van der Waals surface area contributed by atoms with Gasteiger partial charge >= 0.3 is 0 Å². The van der Waals surface area contributed by atoms with Crippen LogP contribution in [0.15, 0.2) is 29.2 Å². The van der Waals surface area contributed by atoms with Crippen molar-refractivity contribution >= 4 is 10.0 Å². The van der Waals surface area contributed by atoms with Gasteiger partial charge in [0.25, 0.3) is 0 Å². The summed E-state index contributed by atoms with van der Waals surface area (Å²) in [5.74, 6) is 0.0431. The molecule has 0 radical (unpaired) electrons. The summed E-state index contributed by atoms with van der Waals surface area (Å²) >= 11 is 0. The molecule has 2 N–H and O–H groups in total. The van der Waals surface area contributed by atoms with Gasteiger partial charge in [0.05, 0.1) is 17.0 Å². The molecule has 1 fully saturated rings. The maximum atomic E-state index is 12.0. The van der Waals surface area contributed by atoms with Gasteiger partial charge in [-0.1, -0.05) is 0 Å². The topological polar surface area (TPSA) is 75.6 Å². The summed E-state index contributed by atoms with van der Waals surface area (Å²) in [4.78, 5) is 0.148. The lowest BCUT2D eigenvalue weighted by atomic mass is 10.2. The molecule has 1 saturated heterocycles. The predicted molar refractivity (Wildman–Crippen MR) is 62.2 cm³/mol. The Labute approximate surface area is 100 Å². The SMILES string of the molecule is CC1OCCC1NS(=O)(=O)c1ccc(O)cc1.